The van der Waals surface area contributed by atoms with E-state index in [1.807, 2.05) is 0 Å². The molecule has 1 saturated carbocycles. The maximum Gasteiger partial charge on any atom is 0.279 e. The fourth-order valence-corrected chi connectivity index (χ4v) is 3.66. The van der Waals surface area contributed by atoms with E-state index in [9.17, 15) is 8.42 Å². The minimum Gasteiger partial charge on any atom is -0.314 e. The molecule has 1 aliphatic carbocycles. The molecule has 3 N–H and O–H groups in total. The van der Waals surface area contributed by atoms with Crippen LogP contribution in [0.2, 0.25) is 0 Å². The molecule has 1 aromatic rings. The molecule has 0 atom stereocenters. The SMILES string of the molecule is O=S(=O)(NCc1nn[nH]n1)N1CCC(CNC2CC2)CC1. The molecule has 0 spiro atoms. The van der Waals surface area contributed by atoms with E-state index >= 15 is 0 Å². The molecule has 10 heteroatoms. The van der Waals surface area contributed by atoms with Crippen LogP contribution in [0.3, 0.4) is 0 Å². The Bertz CT molecular complexity index is 535. The number of nitrogens with zero attached hydrogens (tertiary/aromatic N) is 4. The highest BCUT2D eigenvalue weighted by atomic mass is 32.2. The number of hydrogen-bond acceptors (Lipinski definition) is 6. The average molecular weight is 315 g/mol. The Morgan fingerprint density at radius 2 is 2.00 bits per heavy atom. The Hall–Kier alpha value is -1.10. The lowest BCUT2D eigenvalue weighted by atomic mass is 9.98. The van der Waals surface area contributed by atoms with Crippen molar-refractivity contribution in [3.05, 3.63) is 5.82 Å². The zero-order valence-corrected chi connectivity index (χ0v) is 12.6. The first-order valence-corrected chi connectivity index (χ1v) is 8.78. The first kappa shape index (κ1) is 14.8. The number of H-pyrrole nitrogens is 1. The predicted octanol–water partition coefficient (Wildman–Crippen LogP) is -1.00. The van der Waals surface area contributed by atoms with Gasteiger partial charge in [-0.3, -0.25) is 0 Å². The van der Waals surface area contributed by atoms with Crippen LogP contribution in [0.15, 0.2) is 0 Å². The Morgan fingerprint density at radius 1 is 1.24 bits per heavy atom. The molecule has 2 fully saturated rings. The van der Waals surface area contributed by atoms with Crippen molar-refractivity contribution in [3.63, 3.8) is 0 Å². The van der Waals surface area contributed by atoms with Gasteiger partial charge < -0.3 is 5.32 Å². The van der Waals surface area contributed by atoms with Gasteiger partial charge in [0.15, 0.2) is 5.82 Å². The van der Waals surface area contributed by atoms with Gasteiger partial charge in [-0.25, -0.2) is 0 Å². The molecule has 9 nitrogen and oxygen atoms in total. The molecule has 118 valence electrons. The van der Waals surface area contributed by atoms with E-state index in [1.54, 1.807) is 0 Å². The maximum absolute atomic E-state index is 12.2. The van der Waals surface area contributed by atoms with Crippen molar-refractivity contribution >= 4 is 10.2 Å². The first-order valence-electron chi connectivity index (χ1n) is 7.34. The number of rotatable bonds is 7. The van der Waals surface area contributed by atoms with E-state index in [1.165, 1.54) is 17.1 Å². The highest BCUT2D eigenvalue weighted by molar-refractivity contribution is 7.87. The van der Waals surface area contributed by atoms with Crippen molar-refractivity contribution in [1.29, 1.82) is 0 Å². The smallest absolute Gasteiger partial charge is 0.279 e. The van der Waals surface area contributed by atoms with Gasteiger partial charge in [-0.2, -0.15) is 22.7 Å². The van der Waals surface area contributed by atoms with E-state index in [2.05, 4.69) is 30.7 Å². The fourth-order valence-electron chi connectivity index (χ4n) is 2.48. The third-order valence-electron chi connectivity index (χ3n) is 3.99. The van der Waals surface area contributed by atoms with Crippen molar-refractivity contribution in [3.8, 4) is 0 Å². The zero-order valence-electron chi connectivity index (χ0n) is 11.8. The van der Waals surface area contributed by atoms with Crippen LogP contribution in [-0.4, -0.2) is 59.0 Å². The van der Waals surface area contributed by atoms with Crippen LogP contribution in [0.5, 0.6) is 0 Å². The van der Waals surface area contributed by atoms with Gasteiger partial charge in [0.05, 0.1) is 6.54 Å². The molecule has 3 rings (SSSR count). The summed E-state index contributed by atoms with van der Waals surface area (Å²) in [6.45, 7) is 2.20. The lowest BCUT2D eigenvalue weighted by Crippen LogP contribution is -2.46. The monoisotopic (exact) mass is 315 g/mol. The summed E-state index contributed by atoms with van der Waals surface area (Å²) in [4.78, 5) is 0. The van der Waals surface area contributed by atoms with Crippen LogP contribution < -0.4 is 10.0 Å². The molecule has 0 unspecified atom stereocenters. The molecule has 2 heterocycles. The van der Waals surface area contributed by atoms with Crippen LogP contribution in [0.4, 0.5) is 0 Å². The zero-order chi connectivity index (χ0) is 14.7. The lowest BCUT2D eigenvalue weighted by Gasteiger charge is -2.31. The molecule has 0 bridgehead atoms. The minimum absolute atomic E-state index is 0.0575. The van der Waals surface area contributed by atoms with Crippen molar-refractivity contribution in [1.82, 2.24) is 35.0 Å². The molecular formula is C11H21N7O2S. The second-order valence-electron chi connectivity index (χ2n) is 5.68. The van der Waals surface area contributed by atoms with Crippen LogP contribution in [0.1, 0.15) is 31.5 Å². The number of hydrogen-bond donors (Lipinski definition) is 3. The minimum atomic E-state index is -3.46. The summed E-state index contributed by atoms with van der Waals surface area (Å²) in [6.07, 6.45) is 4.38. The normalized spacial score (nSPS) is 21.7. The van der Waals surface area contributed by atoms with E-state index in [-0.39, 0.29) is 6.54 Å². The standard InChI is InChI=1S/C11H21N7O2S/c19-21(20,13-8-11-14-16-17-15-11)18-5-3-9(4-6-18)7-12-10-1-2-10/h9-10,12-13H,1-8H2,(H,14,15,16,17). The third kappa shape index (κ3) is 4.19. The van der Waals surface area contributed by atoms with Gasteiger partial charge in [-0.15, -0.1) is 10.2 Å². The summed E-state index contributed by atoms with van der Waals surface area (Å²) < 4.78 is 28.4. The van der Waals surface area contributed by atoms with Crippen molar-refractivity contribution in [2.75, 3.05) is 19.6 Å². The second kappa shape index (κ2) is 6.34. The van der Waals surface area contributed by atoms with Crippen molar-refractivity contribution in [2.45, 2.75) is 38.3 Å². The molecular weight excluding hydrogens is 294 g/mol. The van der Waals surface area contributed by atoms with Gasteiger partial charge in [0.25, 0.3) is 10.2 Å². The quantitative estimate of drug-likeness (QED) is 0.594. The molecule has 1 aromatic heterocycles. The topological polar surface area (TPSA) is 116 Å². The molecule has 1 aliphatic heterocycles. The summed E-state index contributed by atoms with van der Waals surface area (Å²) in [5, 5.41) is 16.6. The van der Waals surface area contributed by atoms with Crippen molar-refractivity contribution in [2.24, 2.45) is 5.92 Å². The van der Waals surface area contributed by atoms with Gasteiger partial charge >= 0.3 is 0 Å². The van der Waals surface area contributed by atoms with Crippen LogP contribution in [0, 0.1) is 5.92 Å². The van der Waals surface area contributed by atoms with Gasteiger partial charge in [0.1, 0.15) is 0 Å². The maximum atomic E-state index is 12.2. The predicted molar refractivity (Wildman–Crippen MR) is 75.3 cm³/mol. The molecule has 21 heavy (non-hydrogen) atoms. The van der Waals surface area contributed by atoms with E-state index in [0.29, 0.717) is 30.9 Å². The van der Waals surface area contributed by atoms with E-state index in [4.69, 9.17) is 0 Å². The van der Waals surface area contributed by atoms with E-state index < -0.39 is 10.2 Å². The number of tetrazole rings is 1. The van der Waals surface area contributed by atoms with Gasteiger partial charge in [0.2, 0.25) is 0 Å². The highest BCUT2D eigenvalue weighted by Crippen LogP contribution is 2.22. The third-order valence-corrected chi connectivity index (χ3v) is 5.54. The summed E-state index contributed by atoms with van der Waals surface area (Å²) in [5.74, 6) is 0.913. The Kier molecular flexibility index (Phi) is 4.48. The van der Waals surface area contributed by atoms with Crippen LogP contribution in [0.25, 0.3) is 0 Å². The first-order chi connectivity index (χ1) is 10.1. The number of aromatic amines is 1. The lowest BCUT2D eigenvalue weighted by molar-refractivity contribution is 0.264. The molecule has 0 radical (unpaired) electrons. The summed E-state index contributed by atoms with van der Waals surface area (Å²) >= 11 is 0. The molecule has 0 aromatic carbocycles. The average Bonchev–Trinajstić information content (AvgIpc) is 3.17. The van der Waals surface area contributed by atoms with Gasteiger partial charge in [-0.1, -0.05) is 5.21 Å². The second-order valence-corrected chi connectivity index (χ2v) is 7.43. The van der Waals surface area contributed by atoms with Gasteiger partial charge in [-0.05, 0) is 38.1 Å². The summed E-state index contributed by atoms with van der Waals surface area (Å²) in [7, 11) is -3.46. The fraction of sp³-hybridized carbons (Fsp3) is 0.909. The highest BCUT2D eigenvalue weighted by Gasteiger charge is 2.29. The number of piperidine rings is 1. The van der Waals surface area contributed by atoms with E-state index in [0.717, 1.165) is 19.4 Å². The molecule has 1 saturated heterocycles. The summed E-state index contributed by atoms with van der Waals surface area (Å²) in [6, 6.07) is 0.711. The molecule has 2 aliphatic rings. The number of nitrogens with one attached hydrogen (secondary N) is 3. The largest absolute Gasteiger partial charge is 0.314 e. The van der Waals surface area contributed by atoms with Crippen LogP contribution in [-0.2, 0) is 16.8 Å². The summed E-state index contributed by atoms with van der Waals surface area (Å²) in [5.41, 5.74) is 0. The molecule has 0 amide bonds. The number of aromatic nitrogens is 4. The van der Waals surface area contributed by atoms with Crippen molar-refractivity contribution < 1.29 is 8.42 Å². The van der Waals surface area contributed by atoms with Gasteiger partial charge in [0, 0.05) is 19.1 Å². The Morgan fingerprint density at radius 3 is 2.62 bits per heavy atom. The van der Waals surface area contributed by atoms with Crippen LogP contribution >= 0.6 is 0 Å². The Balaban J connectivity index is 1.43. The Labute approximate surface area is 124 Å².